The first-order valence-electron chi connectivity index (χ1n) is 22.1. The number of pyridine rings is 3. The van der Waals surface area contributed by atoms with Gasteiger partial charge in [-0.2, -0.15) is 0 Å². The van der Waals surface area contributed by atoms with Crippen LogP contribution in [0.4, 0.5) is 4.39 Å². The van der Waals surface area contributed by atoms with Crippen LogP contribution in [0.25, 0.3) is 66.8 Å². The molecule has 0 unspecified atom stereocenters. The SMILES string of the molecule is CC(C)Cc1ccnc(-c2cccc3c2oc2cc(-c4ccc(F)cc4)ccc23)c1.CC(C)c1cc(-c2ccccc2)ncc1[Si](C)(C)C.CCc1ccnc(-c2ccccc2)c1.[Ir]. The first-order valence-corrected chi connectivity index (χ1v) is 25.6. The summed E-state index contributed by atoms with van der Waals surface area (Å²) in [7, 11) is -1.33. The predicted molar refractivity (Wildman–Crippen MR) is 267 cm³/mol. The van der Waals surface area contributed by atoms with Crippen LogP contribution in [0.5, 0.6) is 0 Å². The van der Waals surface area contributed by atoms with E-state index in [1.807, 2.05) is 42.7 Å². The molecule has 5 aromatic carbocycles. The molecule has 9 rings (SSSR count). The number of hydrogen-bond acceptors (Lipinski definition) is 4. The molecule has 0 aliphatic heterocycles. The molecule has 9 aromatic rings. The van der Waals surface area contributed by atoms with Gasteiger partial charge in [0.2, 0.25) is 0 Å². The van der Waals surface area contributed by atoms with Crippen LogP contribution >= 0.6 is 0 Å². The molecule has 0 N–H and O–H groups in total. The van der Waals surface area contributed by atoms with Crippen LogP contribution in [0.2, 0.25) is 19.6 Å². The molecule has 0 saturated heterocycles. The summed E-state index contributed by atoms with van der Waals surface area (Å²) in [4.78, 5) is 13.7. The van der Waals surface area contributed by atoms with Gasteiger partial charge in [0, 0.05) is 66.2 Å². The zero-order valence-electron chi connectivity index (χ0n) is 38.2. The van der Waals surface area contributed by atoms with Gasteiger partial charge in [0.1, 0.15) is 17.0 Å². The zero-order valence-corrected chi connectivity index (χ0v) is 41.6. The van der Waals surface area contributed by atoms with Gasteiger partial charge in [-0.1, -0.05) is 145 Å². The average molecular weight is 1040 g/mol. The summed E-state index contributed by atoms with van der Waals surface area (Å²) in [5.41, 5.74) is 14.2. The van der Waals surface area contributed by atoms with Gasteiger partial charge in [-0.05, 0) is 118 Å². The third-order valence-electron chi connectivity index (χ3n) is 11.2. The van der Waals surface area contributed by atoms with Gasteiger partial charge in [0.15, 0.2) is 0 Å². The first-order chi connectivity index (χ1) is 30.4. The van der Waals surface area contributed by atoms with Gasteiger partial charge in [0.05, 0.1) is 25.2 Å². The van der Waals surface area contributed by atoms with E-state index in [0.717, 1.165) is 68.6 Å². The van der Waals surface area contributed by atoms with E-state index in [4.69, 9.17) is 9.40 Å². The molecule has 0 atom stereocenters. The van der Waals surface area contributed by atoms with Crippen LogP contribution in [0.15, 0.2) is 175 Å². The minimum atomic E-state index is -1.33. The van der Waals surface area contributed by atoms with E-state index in [2.05, 4.69) is 167 Å². The van der Waals surface area contributed by atoms with E-state index in [1.165, 1.54) is 45.1 Å². The number of rotatable bonds is 9. The molecule has 0 aliphatic rings. The van der Waals surface area contributed by atoms with Gasteiger partial charge in [-0.25, -0.2) is 4.39 Å². The number of fused-ring (bicyclic) bond motifs is 3. The zero-order chi connectivity index (χ0) is 44.5. The summed E-state index contributed by atoms with van der Waals surface area (Å²) < 4.78 is 19.6. The summed E-state index contributed by atoms with van der Waals surface area (Å²) in [6, 6.07) is 50.3. The van der Waals surface area contributed by atoms with Crippen molar-refractivity contribution in [1.29, 1.82) is 0 Å². The van der Waals surface area contributed by atoms with E-state index >= 15 is 0 Å². The molecule has 0 bridgehead atoms. The Morgan fingerprint density at radius 1 is 0.562 bits per heavy atom. The molecule has 64 heavy (non-hydrogen) atoms. The van der Waals surface area contributed by atoms with Gasteiger partial charge < -0.3 is 4.42 Å². The third kappa shape index (κ3) is 11.8. The molecular weight excluding hydrogens is 982 g/mol. The molecule has 7 heteroatoms. The number of aryl methyl sites for hydroxylation is 1. The minimum Gasteiger partial charge on any atom is -0.455 e. The largest absolute Gasteiger partial charge is 0.455 e. The Labute approximate surface area is 393 Å². The Kier molecular flexibility index (Phi) is 16.1. The Hall–Kier alpha value is -5.85. The fourth-order valence-corrected chi connectivity index (χ4v) is 9.52. The maximum atomic E-state index is 13.3. The second kappa shape index (κ2) is 21.7. The molecule has 4 nitrogen and oxygen atoms in total. The van der Waals surface area contributed by atoms with Crippen LogP contribution in [0.3, 0.4) is 0 Å². The molecule has 0 aliphatic carbocycles. The van der Waals surface area contributed by atoms with Crippen LogP contribution in [0.1, 0.15) is 57.2 Å². The summed E-state index contributed by atoms with van der Waals surface area (Å²) in [6.07, 6.45) is 7.95. The van der Waals surface area contributed by atoms with Crippen LogP contribution in [-0.4, -0.2) is 23.0 Å². The van der Waals surface area contributed by atoms with Crippen molar-refractivity contribution in [3.05, 3.63) is 193 Å². The summed E-state index contributed by atoms with van der Waals surface area (Å²) in [5.74, 6) is 0.903. The molecule has 0 fully saturated rings. The van der Waals surface area contributed by atoms with Crippen molar-refractivity contribution >= 4 is 35.2 Å². The Morgan fingerprint density at radius 3 is 1.77 bits per heavy atom. The second-order valence-electron chi connectivity index (χ2n) is 17.8. The Bertz CT molecular complexity index is 2910. The molecule has 0 amide bonds. The van der Waals surface area contributed by atoms with Crippen LogP contribution in [0, 0.1) is 11.7 Å². The molecule has 4 aromatic heterocycles. The fraction of sp³-hybridized carbons (Fsp3) is 0.211. The van der Waals surface area contributed by atoms with Crippen LogP contribution in [-0.2, 0) is 32.9 Å². The number of benzene rings is 5. The summed E-state index contributed by atoms with van der Waals surface area (Å²) in [6.45, 7) is 18.3. The quantitative estimate of drug-likeness (QED) is 0.135. The number of furan rings is 1. The van der Waals surface area contributed by atoms with Crippen molar-refractivity contribution < 1.29 is 28.9 Å². The number of aromatic nitrogens is 3. The van der Waals surface area contributed by atoms with E-state index in [0.29, 0.717) is 11.8 Å². The monoisotopic (exact) mass is 1040 g/mol. The Balaban J connectivity index is 0.000000172. The van der Waals surface area contributed by atoms with E-state index in [-0.39, 0.29) is 25.9 Å². The second-order valence-corrected chi connectivity index (χ2v) is 22.9. The Morgan fingerprint density at radius 2 is 1.16 bits per heavy atom. The van der Waals surface area contributed by atoms with Crippen molar-refractivity contribution in [2.75, 3.05) is 0 Å². The molecule has 327 valence electrons. The van der Waals surface area contributed by atoms with E-state index < -0.39 is 8.07 Å². The molecule has 4 heterocycles. The van der Waals surface area contributed by atoms with Crippen molar-refractivity contribution in [2.24, 2.45) is 5.92 Å². The molecule has 0 spiro atoms. The average Bonchev–Trinajstić information content (AvgIpc) is 3.68. The predicted octanol–water partition coefficient (Wildman–Crippen LogP) is 15.4. The number of halogens is 1. The number of hydrogen-bond donors (Lipinski definition) is 0. The van der Waals surface area contributed by atoms with E-state index in [9.17, 15) is 4.39 Å². The van der Waals surface area contributed by atoms with Crippen molar-refractivity contribution in [3.63, 3.8) is 0 Å². The normalized spacial score (nSPS) is 11.2. The van der Waals surface area contributed by atoms with Gasteiger partial charge in [-0.15, -0.1) is 0 Å². The van der Waals surface area contributed by atoms with Gasteiger partial charge in [0.25, 0.3) is 0 Å². The maximum Gasteiger partial charge on any atom is 0.144 e. The number of nitrogens with zero attached hydrogens (tertiary/aromatic N) is 3. The fourth-order valence-electron chi connectivity index (χ4n) is 7.84. The smallest absolute Gasteiger partial charge is 0.144 e. The van der Waals surface area contributed by atoms with E-state index in [1.54, 1.807) is 12.1 Å². The van der Waals surface area contributed by atoms with Gasteiger partial charge in [-0.3, -0.25) is 15.0 Å². The van der Waals surface area contributed by atoms with Crippen molar-refractivity contribution in [1.82, 2.24) is 15.0 Å². The maximum absolute atomic E-state index is 13.3. The topological polar surface area (TPSA) is 51.8 Å². The summed E-state index contributed by atoms with van der Waals surface area (Å²) >= 11 is 0. The van der Waals surface area contributed by atoms with Crippen molar-refractivity contribution in [2.45, 2.75) is 73.0 Å². The number of para-hydroxylation sites is 1. The third-order valence-corrected chi connectivity index (χ3v) is 13.2. The first kappa shape index (κ1) is 47.6. The minimum absolute atomic E-state index is 0. The standard InChI is InChI=1S/C27H22FNO.C17H23NSi.C13H13N.Ir/c1-17(2)14-18-12-13-29-25(15-18)24-5-3-4-23-22-11-8-20(16-26(22)30-27(23)24)19-6-9-21(28)10-7-19;1-13(2)15-11-16(14-9-7-6-8-10-14)18-12-17(15)19(3,4)5;1-2-11-8-9-14-13(10-11)12-6-4-3-5-7-12;/h3-13,15-17H,14H2,1-2H3;6-13H,1-5H3;3-10H,2H2,1H3;. The van der Waals surface area contributed by atoms with Crippen LogP contribution < -0.4 is 5.19 Å². The van der Waals surface area contributed by atoms with Gasteiger partial charge >= 0.3 is 0 Å². The molecule has 0 saturated carbocycles. The molecular formula is C57H58FIrN3OSi. The summed E-state index contributed by atoms with van der Waals surface area (Å²) in [5, 5.41) is 3.63. The molecule has 1 radical (unpaired) electrons. The van der Waals surface area contributed by atoms with Crippen molar-refractivity contribution in [3.8, 4) is 44.9 Å².